The fourth-order valence-electron chi connectivity index (χ4n) is 1.14. The van der Waals surface area contributed by atoms with Crippen molar-refractivity contribution in [1.29, 1.82) is 0 Å². The second kappa shape index (κ2) is 6.58. The van der Waals surface area contributed by atoms with Crippen molar-refractivity contribution >= 4 is 0 Å². The van der Waals surface area contributed by atoms with Crippen LogP contribution in [0.4, 0.5) is 8.78 Å². The quantitative estimate of drug-likeness (QED) is 0.661. The number of rotatable bonds is 2. The average molecular weight is 186 g/mol. The summed E-state index contributed by atoms with van der Waals surface area (Å²) in [6.45, 7) is 4.26. The SMILES string of the molecule is CC(C)Cc1cccc(F)c1.CF. The molecule has 0 amide bonds. The molecule has 0 nitrogen and oxygen atoms in total. The van der Waals surface area contributed by atoms with Gasteiger partial charge < -0.3 is 0 Å². The Kier molecular flexibility index (Phi) is 6.11. The van der Waals surface area contributed by atoms with E-state index in [1.807, 2.05) is 6.07 Å². The van der Waals surface area contributed by atoms with Gasteiger partial charge in [-0.1, -0.05) is 26.0 Å². The minimum atomic E-state index is -0.136. The maximum Gasteiger partial charge on any atom is 0.123 e. The van der Waals surface area contributed by atoms with Crippen LogP contribution in [0.3, 0.4) is 0 Å². The number of hydrogen-bond acceptors (Lipinski definition) is 0. The fraction of sp³-hybridized carbons (Fsp3) is 0.455. The van der Waals surface area contributed by atoms with E-state index in [2.05, 4.69) is 13.8 Å². The molecule has 0 bridgehead atoms. The van der Waals surface area contributed by atoms with Crippen LogP contribution >= 0.6 is 0 Å². The molecule has 13 heavy (non-hydrogen) atoms. The molecule has 0 spiro atoms. The molecule has 0 aliphatic heterocycles. The topological polar surface area (TPSA) is 0 Å². The zero-order valence-corrected chi connectivity index (χ0v) is 8.35. The second-order valence-electron chi connectivity index (χ2n) is 3.23. The molecule has 74 valence electrons. The van der Waals surface area contributed by atoms with E-state index in [9.17, 15) is 8.78 Å². The van der Waals surface area contributed by atoms with Gasteiger partial charge in [0.15, 0.2) is 0 Å². The Balaban J connectivity index is 0.000000671. The lowest BCUT2D eigenvalue weighted by Crippen LogP contribution is -1.93. The van der Waals surface area contributed by atoms with Crippen LogP contribution in [0.2, 0.25) is 0 Å². The lowest BCUT2D eigenvalue weighted by atomic mass is 10.0. The Morgan fingerprint density at radius 1 is 1.23 bits per heavy atom. The van der Waals surface area contributed by atoms with Gasteiger partial charge in [0.05, 0.1) is 7.18 Å². The molecule has 0 fully saturated rings. The highest BCUT2D eigenvalue weighted by Crippen LogP contribution is 2.08. The third-order valence-electron chi connectivity index (χ3n) is 1.53. The van der Waals surface area contributed by atoms with Crippen LogP contribution in [-0.4, -0.2) is 7.18 Å². The van der Waals surface area contributed by atoms with E-state index in [-0.39, 0.29) is 5.82 Å². The molecule has 1 rings (SSSR count). The first-order valence-electron chi connectivity index (χ1n) is 4.30. The Bertz CT molecular complexity index is 231. The summed E-state index contributed by atoms with van der Waals surface area (Å²) in [5.74, 6) is 0.458. The lowest BCUT2D eigenvalue weighted by molar-refractivity contribution is 0.613. The van der Waals surface area contributed by atoms with E-state index in [4.69, 9.17) is 0 Å². The Labute approximate surface area is 78.6 Å². The first kappa shape index (κ1) is 12.1. The van der Waals surface area contributed by atoms with Crippen molar-refractivity contribution < 1.29 is 8.78 Å². The van der Waals surface area contributed by atoms with Crippen molar-refractivity contribution in [3.05, 3.63) is 35.6 Å². The number of alkyl halides is 1. The van der Waals surface area contributed by atoms with E-state index in [0.717, 1.165) is 12.0 Å². The van der Waals surface area contributed by atoms with Gasteiger partial charge in [-0.2, -0.15) is 0 Å². The van der Waals surface area contributed by atoms with Gasteiger partial charge in [0.25, 0.3) is 0 Å². The highest BCUT2D eigenvalue weighted by Gasteiger charge is 1.97. The first-order chi connectivity index (χ1) is 6.18. The van der Waals surface area contributed by atoms with Crippen molar-refractivity contribution in [1.82, 2.24) is 0 Å². The maximum atomic E-state index is 12.6. The summed E-state index contributed by atoms with van der Waals surface area (Å²) in [6, 6.07) is 6.79. The minimum Gasteiger partial charge on any atom is -0.255 e. The summed E-state index contributed by atoms with van der Waals surface area (Å²) in [6.07, 6.45) is 0.956. The van der Waals surface area contributed by atoms with Gasteiger partial charge in [-0.3, -0.25) is 4.39 Å². The highest BCUT2D eigenvalue weighted by atomic mass is 19.1. The van der Waals surface area contributed by atoms with Gasteiger partial charge in [0.2, 0.25) is 0 Å². The van der Waals surface area contributed by atoms with E-state index in [1.165, 1.54) is 6.07 Å². The number of halogens is 2. The van der Waals surface area contributed by atoms with Crippen molar-refractivity contribution in [2.24, 2.45) is 5.92 Å². The van der Waals surface area contributed by atoms with Gasteiger partial charge in [0, 0.05) is 0 Å². The van der Waals surface area contributed by atoms with Gasteiger partial charge in [0.1, 0.15) is 5.82 Å². The monoisotopic (exact) mass is 186 g/mol. The molecule has 0 aliphatic rings. The zero-order chi connectivity index (χ0) is 10.3. The molecular formula is C11H16F2. The summed E-state index contributed by atoms with van der Waals surface area (Å²) < 4.78 is 22.1. The Morgan fingerprint density at radius 2 is 1.85 bits per heavy atom. The van der Waals surface area contributed by atoms with Crippen LogP contribution in [0.15, 0.2) is 24.3 Å². The molecule has 0 heterocycles. The molecule has 0 aliphatic carbocycles. The van der Waals surface area contributed by atoms with Crippen molar-refractivity contribution in [2.75, 3.05) is 7.18 Å². The molecule has 1 aromatic carbocycles. The molecule has 2 heteroatoms. The molecule has 0 aromatic heterocycles. The average Bonchev–Trinajstić information content (AvgIpc) is 2.06. The third kappa shape index (κ3) is 5.34. The minimum absolute atomic E-state index is 0.136. The van der Waals surface area contributed by atoms with Crippen LogP contribution in [-0.2, 0) is 6.42 Å². The smallest absolute Gasteiger partial charge is 0.123 e. The van der Waals surface area contributed by atoms with Crippen LogP contribution in [0, 0.1) is 11.7 Å². The van der Waals surface area contributed by atoms with E-state index in [1.54, 1.807) is 12.1 Å². The largest absolute Gasteiger partial charge is 0.255 e. The van der Waals surface area contributed by atoms with Gasteiger partial charge >= 0.3 is 0 Å². The van der Waals surface area contributed by atoms with Crippen molar-refractivity contribution in [3.8, 4) is 0 Å². The Morgan fingerprint density at radius 3 is 2.31 bits per heavy atom. The van der Waals surface area contributed by atoms with E-state index >= 15 is 0 Å². The van der Waals surface area contributed by atoms with Crippen molar-refractivity contribution in [3.63, 3.8) is 0 Å². The second-order valence-corrected chi connectivity index (χ2v) is 3.23. The highest BCUT2D eigenvalue weighted by molar-refractivity contribution is 5.16. The number of benzene rings is 1. The molecule has 0 unspecified atom stereocenters. The molecule has 1 aromatic rings. The number of hydrogen-bond donors (Lipinski definition) is 0. The summed E-state index contributed by atoms with van der Waals surface area (Å²) in [7, 11) is 0.500. The Hall–Kier alpha value is -0.920. The lowest BCUT2D eigenvalue weighted by Gasteiger charge is -2.03. The standard InChI is InChI=1S/C10H13F.CH3F/c1-8(2)6-9-4-3-5-10(11)7-9;1-2/h3-5,7-8H,6H2,1-2H3;1H3. The molecule has 0 N–H and O–H groups in total. The maximum absolute atomic E-state index is 12.6. The van der Waals surface area contributed by atoms with Gasteiger partial charge in [-0.25, -0.2) is 4.39 Å². The first-order valence-corrected chi connectivity index (χ1v) is 4.30. The van der Waals surface area contributed by atoms with Crippen molar-refractivity contribution in [2.45, 2.75) is 20.3 Å². The summed E-state index contributed by atoms with van der Waals surface area (Å²) >= 11 is 0. The predicted molar refractivity (Wildman–Crippen MR) is 52.0 cm³/mol. The van der Waals surface area contributed by atoms with Gasteiger partial charge in [-0.05, 0) is 30.0 Å². The van der Waals surface area contributed by atoms with Gasteiger partial charge in [-0.15, -0.1) is 0 Å². The van der Waals surface area contributed by atoms with Crippen LogP contribution in [0.1, 0.15) is 19.4 Å². The molecule has 0 saturated carbocycles. The third-order valence-corrected chi connectivity index (χ3v) is 1.53. The summed E-state index contributed by atoms with van der Waals surface area (Å²) in [4.78, 5) is 0. The normalized spacial score (nSPS) is 9.38. The van der Waals surface area contributed by atoms with Crippen LogP contribution < -0.4 is 0 Å². The van der Waals surface area contributed by atoms with Crippen LogP contribution in [0.5, 0.6) is 0 Å². The summed E-state index contributed by atoms with van der Waals surface area (Å²) in [5.41, 5.74) is 1.08. The fourth-order valence-corrected chi connectivity index (χ4v) is 1.14. The predicted octanol–water partition coefficient (Wildman–Crippen LogP) is 3.61. The van der Waals surface area contributed by atoms with Crippen LogP contribution in [0.25, 0.3) is 0 Å². The van der Waals surface area contributed by atoms with E-state index in [0.29, 0.717) is 13.1 Å². The summed E-state index contributed by atoms with van der Waals surface area (Å²) in [5, 5.41) is 0. The molecule has 0 saturated heterocycles. The van der Waals surface area contributed by atoms with E-state index < -0.39 is 0 Å². The molecular weight excluding hydrogens is 170 g/mol. The molecule has 0 atom stereocenters. The zero-order valence-electron chi connectivity index (χ0n) is 8.35. The molecule has 0 radical (unpaired) electrons.